The maximum Gasteiger partial charge on any atom is 0.295 e. The molecule has 0 aromatic heterocycles. The van der Waals surface area contributed by atoms with Crippen LogP contribution in [0.3, 0.4) is 0 Å². The molecule has 3 rings (SSSR count). The van der Waals surface area contributed by atoms with E-state index in [-0.39, 0.29) is 22.8 Å². The monoisotopic (exact) mass is 510 g/mol. The normalized spacial score (nSPS) is 17.2. The van der Waals surface area contributed by atoms with E-state index in [4.69, 9.17) is 9.47 Å². The number of aryl methyl sites for hydroxylation is 1. The number of aromatic hydroxyl groups is 1. The number of rotatable bonds is 11. The van der Waals surface area contributed by atoms with Crippen LogP contribution in [0.5, 0.6) is 17.2 Å². The molecule has 1 fully saturated rings. The SMILES string of the molecule is CCN(CC)CCN1C(=O)C(=O)/C(=C(\O)c2ccc(OCC(C)C)c(C)c2)C1c1ccc(O)c(OC)c1. The Morgan fingerprint density at radius 3 is 2.38 bits per heavy atom. The summed E-state index contributed by atoms with van der Waals surface area (Å²) in [6.45, 7) is 13.1. The number of carbonyl (C=O) groups is 2. The molecule has 2 N–H and O–H groups in total. The minimum atomic E-state index is -0.831. The second kappa shape index (κ2) is 12.1. The summed E-state index contributed by atoms with van der Waals surface area (Å²) in [7, 11) is 1.43. The topological polar surface area (TPSA) is 99.5 Å². The van der Waals surface area contributed by atoms with E-state index in [1.165, 1.54) is 18.1 Å². The van der Waals surface area contributed by atoms with E-state index in [1.54, 1.807) is 30.3 Å². The maximum atomic E-state index is 13.3. The highest BCUT2D eigenvalue weighted by atomic mass is 16.5. The zero-order valence-electron chi connectivity index (χ0n) is 22.6. The number of aliphatic hydroxyl groups is 1. The molecule has 1 amide bonds. The molecule has 1 atom stereocenters. The van der Waals surface area contributed by atoms with E-state index < -0.39 is 17.7 Å². The fourth-order valence-electron chi connectivity index (χ4n) is 4.48. The first-order chi connectivity index (χ1) is 17.6. The van der Waals surface area contributed by atoms with Gasteiger partial charge in [-0.15, -0.1) is 0 Å². The number of hydrogen-bond acceptors (Lipinski definition) is 7. The zero-order chi connectivity index (χ0) is 27.3. The summed E-state index contributed by atoms with van der Waals surface area (Å²) >= 11 is 0. The lowest BCUT2D eigenvalue weighted by atomic mass is 9.94. The van der Waals surface area contributed by atoms with Gasteiger partial charge in [-0.1, -0.05) is 33.8 Å². The van der Waals surface area contributed by atoms with Crippen LogP contribution in [-0.2, 0) is 9.59 Å². The number of carbonyl (C=O) groups excluding carboxylic acids is 2. The molecule has 0 saturated carbocycles. The van der Waals surface area contributed by atoms with Gasteiger partial charge in [0.25, 0.3) is 11.7 Å². The average molecular weight is 511 g/mol. The maximum absolute atomic E-state index is 13.3. The van der Waals surface area contributed by atoms with Gasteiger partial charge in [0, 0.05) is 18.7 Å². The third-order valence-corrected chi connectivity index (χ3v) is 6.63. The number of aliphatic hydroxyl groups excluding tert-OH is 1. The molecule has 8 heteroatoms. The highest BCUT2D eigenvalue weighted by Gasteiger charge is 2.46. The molecule has 1 heterocycles. The molecule has 1 aliphatic heterocycles. The van der Waals surface area contributed by atoms with Gasteiger partial charge in [0.1, 0.15) is 11.5 Å². The Hall–Kier alpha value is -3.52. The molecule has 1 saturated heterocycles. The summed E-state index contributed by atoms with van der Waals surface area (Å²) in [5.74, 6) is -0.439. The molecular formula is C29H38N2O6. The van der Waals surface area contributed by atoms with Crippen molar-refractivity contribution in [1.29, 1.82) is 0 Å². The third kappa shape index (κ3) is 6.07. The third-order valence-electron chi connectivity index (χ3n) is 6.63. The summed E-state index contributed by atoms with van der Waals surface area (Å²) in [5, 5.41) is 21.5. The van der Waals surface area contributed by atoms with Crippen LogP contribution in [0.4, 0.5) is 0 Å². The summed E-state index contributed by atoms with van der Waals surface area (Å²) in [4.78, 5) is 30.2. The largest absolute Gasteiger partial charge is 0.507 e. The number of Topliss-reactive ketones (excluding diaryl/α,β-unsaturated/α-hetero) is 1. The van der Waals surface area contributed by atoms with Crippen molar-refractivity contribution >= 4 is 17.4 Å². The summed E-state index contributed by atoms with van der Waals surface area (Å²) in [6, 6.07) is 9.07. The number of benzene rings is 2. The Morgan fingerprint density at radius 1 is 1.08 bits per heavy atom. The van der Waals surface area contributed by atoms with E-state index in [0.717, 1.165) is 18.7 Å². The average Bonchev–Trinajstić information content (AvgIpc) is 3.13. The van der Waals surface area contributed by atoms with E-state index in [9.17, 15) is 19.8 Å². The predicted octanol–water partition coefficient (Wildman–Crippen LogP) is 4.51. The molecule has 0 bridgehead atoms. The minimum absolute atomic E-state index is 0.00698. The highest BCUT2D eigenvalue weighted by molar-refractivity contribution is 6.46. The van der Waals surface area contributed by atoms with Gasteiger partial charge in [0.05, 0.1) is 25.3 Å². The van der Waals surface area contributed by atoms with Crippen molar-refractivity contribution < 1.29 is 29.3 Å². The number of methoxy groups -OCH3 is 1. The second-order valence-corrected chi connectivity index (χ2v) is 9.64. The fourth-order valence-corrected chi connectivity index (χ4v) is 4.48. The quantitative estimate of drug-likeness (QED) is 0.261. The Balaban J connectivity index is 2.10. The molecule has 0 spiro atoms. The zero-order valence-corrected chi connectivity index (χ0v) is 22.6. The van der Waals surface area contributed by atoms with Crippen molar-refractivity contribution in [2.24, 2.45) is 5.92 Å². The Morgan fingerprint density at radius 2 is 1.78 bits per heavy atom. The van der Waals surface area contributed by atoms with Gasteiger partial charge < -0.3 is 29.5 Å². The van der Waals surface area contributed by atoms with Crippen LogP contribution in [0, 0.1) is 12.8 Å². The number of phenolic OH excluding ortho intramolecular Hbond substituents is 1. The van der Waals surface area contributed by atoms with Crippen molar-refractivity contribution in [3.63, 3.8) is 0 Å². The summed E-state index contributed by atoms with van der Waals surface area (Å²) in [5.41, 5.74) is 1.80. The first-order valence-corrected chi connectivity index (χ1v) is 12.7. The van der Waals surface area contributed by atoms with Gasteiger partial charge in [0.15, 0.2) is 11.5 Å². The number of phenols is 1. The summed E-state index contributed by atoms with van der Waals surface area (Å²) < 4.78 is 11.1. The minimum Gasteiger partial charge on any atom is -0.507 e. The smallest absolute Gasteiger partial charge is 0.295 e. The fraction of sp³-hybridized carbons (Fsp3) is 0.448. The van der Waals surface area contributed by atoms with Crippen LogP contribution in [-0.4, -0.2) is 71.6 Å². The van der Waals surface area contributed by atoms with Crippen molar-refractivity contribution in [1.82, 2.24) is 9.80 Å². The van der Waals surface area contributed by atoms with Gasteiger partial charge in [-0.2, -0.15) is 0 Å². The van der Waals surface area contributed by atoms with Crippen LogP contribution in [0.25, 0.3) is 5.76 Å². The Kier molecular flexibility index (Phi) is 9.21. The highest BCUT2D eigenvalue weighted by Crippen LogP contribution is 2.42. The molecule has 37 heavy (non-hydrogen) atoms. The first kappa shape index (κ1) is 28.1. The van der Waals surface area contributed by atoms with Gasteiger partial charge in [0.2, 0.25) is 0 Å². The molecule has 0 radical (unpaired) electrons. The number of likely N-dealkylation sites (N-methyl/N-ethyl adjacent to an activating group) is 1. The number of likely N-dealkylation sites (tertiary alicyclic amines) is 1. The number of nitrogens with zero attached hydrogens (tertiary/aromatic N) is 2. The molecule has 8 nitrogen and oxygen atoms in total. The molecule has 2 aromatic carbocycles. The molecule has 2 aromatic rings. The van der Waals surface area contributed by atoms with Crippen molar-refractivity contribution in [2.75, 3.05) is 39.9 Å². The standard InChI is InChI=1S/C29H38N2O6/c1-7-30(8-2)13-14-31-26(20-9-11-22(32)24(16-20)36-6)25(28(34)29(31)35)27(33)21-10-12-23(19(5)15-21)37-17-18(3)4/h9-12,15-16,18,26,32-33H,7-8,13-14,17H2,1-6H3/b27-25-. The van der Waals surface area contributed by atoms with Gasteiger partial charge in [-0.25, -0.2) is 0 Å². The van der Waals surface area contributed by atoms with Crippen LogP contribution < -0.4 is 9.47 Å². The lowest BCUT2D eigenvalue weighted by molar-refractivity contribution is -0.140. The molecular weight excluding hydrogens is 472 g/mol. The van der Waals surface area contributed by atoms with Crippen LogP contribution in [0.15, 0.2) is 42.0 Å². The lowest BCUT2D eigenvalue weighted by Gasteiger charge is -2.28. The molecule has 200 valence electrons. The van der Waals surface area contributed by atoms with Crippen molar-refractivity contribution in [2.45, 2.75) is 40.7 Å². The lowest BCUT2D eigenvalue weighted by Crippen LogP contribution is -2.38. The van der Waals surface area contributed by atoms with Crippen LogP contribution >= 0.6 is 0 Å². The Bertz CT molecular complexity index is 1170. The van der Waals surface area contributed by atoms with Crippen molar-refractivity contribution in [3.05, 3.63) is 58.7 Å². The van der Waals surface area contributed by atoms with E-state index >= 15 is 0 Å². The molecule has 0 aliphatic carbocycles. The number of ketones is 1. The van der Waals surface area contributed by atoms with Gasteiger partial charge in [-0.05, 0) is 67.4 Å². The van der Waals surface area contributed by atoms with Crippen LogP contribution in [0.1, 0.15) is 50.4 Å². The second-order valence-electron chi connectivity index (χ2n) is 9.64. The molecule has 1 unspecified atom stereocenters. The van der Waals surface area contributed by atoms with Gasteiger partial charge in [-0.3, -0.25) is 9.59 Å². The van der Waals surface area contributed by atoms with E-state index in [1.807, 2.05) is 20.8 Å². The summed E-state index contributed by atoms with van der Waals surface area (Å²) in [6.07, 6.45) is 0. The number of amides is 1. The van der Waals surface area contributed by atoms with Gasteiger partial charge >= 0.3 is 0 Å². The van der Waals surface area contributed by atoms with E-state index in [0.29, 0.717) is 42.5 Å². The van der Waals surface area contributed by atoms with Crippen molar-refractivity contribution in [3.8, 4) is 17.2 Å². The Labute approximate surface area is 219 Å². The first-order valence-electron chi connectivity index (χ1n) is 12.7. The number of ether oxygens (including phenoxy) is 2. The van der Waals surface area contributed by atoms with E-state index in [2.05, 4.69) is 18.7 Å². The van der Waals surface area contributed by atoms with Crippen LogP contribution in [0.2, 0.25) is 0 Å². The molecule has 1 aliphatic rings. The predicted molar refractivity (Wildman–Crippen MR) is 143 cm³/mol. The number of hydrogen-bond donors (Lipinski definition) is 2.